The minimum Gasteiger partial charge on any atom is -0.485 e. The van der Waals surface area contributed by atoms with Crippen molar-refractivity contribution in [2.45, 2.75) is 13.2 Å². The molecule has 0 saturated heterocycles. The van der Waals surface area contributed by atoms with Crippen molar-refractivity contribution in [3.05, 3.63) is 96.6 Å². The zero-order valence-electron chi connectivity index (χ0n) is 17.1. The Labute approximate surface area is 177 Å². The van der Waals surface area contributed by atoms with Gasteiger partial charge in [0, 0.05) is 7.11 Å². The van der Waals surface area contributed by atoms with Gasteiger partial charge in [0.05, 0.1) is 0 Å². The van der Waals surface area contributed by atoms with Crippen molar-refractivity contribution in [3.63, 3.8) is 0 Å². The molecule has 0 N–H and O–H groups in total. The summed E-state index contributed by atoms with van der Waals surface area (Å²) in [6.45, 7) is 4.85. The number of ether oxygens (including phenoxy) is 5. The Balaban J connectivity index is 1.90. The average molecular weight is 406 g/mol. The second kappa shape index (κ2) is 11.5. The largest absolute Gasteiger partial charge is 0.485 e. The van der Waals surface area contributed by atoms with E-state index in [2.05, 4.69) is 6.58 Å². The monoisotopic (exact) mass is 406 g/mol. The maximum Gasteiger partial charge on any atom is 0.210 e. The molecule has 0 aliphatic rings. The van der Waals surface area contributed by atoms with Crippen molar-refractivity contribution in [1.82, 2.24) is 0 Å². The van der Waals surface area contributed by atoms with Gasteiger partial charge in [-0.3, -0.25) is 0 Å². The van der Waals surface area contributed by atoms with E-state index in [1.165, 1.54) is 0 Å². The SMILES string of the molecule is C=CCOc1ccc(OCc2ccccc2)c(OCc2ccccc2)c1OCOC. The standard InChI is InChI=1S/C25H26O5/c1-3-16-27-22-14-15-23(28-17-20-10-6-4-7-11-20)24(25(22)30-19-26-2)29-18-21-12-8-5-9-13-21/h3-15H,1,16-19H2,2H3. The summed E-state index contributed by atoms with van der Waals surface area (Å²) in [6.07, 6.45) is 1.67. The Kier molecular flexibility index (Phi) is 8.18. The van der Waals surface area contributed by atoms with Crippen LogP contribution in [0.4, 0.5) is 0 Å². The van der Waals surface area contributed by atoms with Crippen LogP contribution >= 0.6 is 0 Å². The summed E-state index contributed by atoms with van der Waals surface area (Å²) < 4.78 is 28.9. The predicted octanol–water partition coefficient (Wildman–Crippen LogP) is 5.39. The fourth-order valence-corrected chi connectivity index (χ4v) is 2.76. The first kappa shape index (κ1) is 21.3. The number of benzene rings is 3. The maximum absolute atomic E-state index is 6.15. The van der Waals surface area contributed by atoms with Crippen LogP contribution in [0.3, 0.4) is 0 Å². The fourth-order valence-electron chi connectivity index (χ4n) is 2.76. The molecule has 0 heterocycles. The molecule has 30 heavy (non-hydrogen) atoms. The Morgan fingerprint density at radius 3 is 1.77 bits per heavy atom. The minimum atomic E-state index is 0.0499. The van der Waals surface area contributed by atoms with E-state index in [9.17, 15) is 0 Å². The van der Waals surface area contributed by atoms with E-state index in [0.29, 0.717) is 42.8 Å². The summed E-state index contributed by atoms with van der Waals surface area (Å²) in [5.41, 5.74) is 2.08. The third-order valence-corrected chi connectivity index (χ3v) is 4.18. The van der Waals surface area contributed by atoms with Crippen LogP contribution in [0.5, 0.6) is 23.0 Å². The first-order valence-corrected chi connectivity index (χ1v) is 9.67. The van der Waals surface area contributed by atoms with E-state index >= 15 is 0 Å². The first-order valence-electron chi connectivity index (χ1n) is 9.67. The number of methoxy groups -OCH3 is 1. The lowest BCUT2D eigenvalue weighted by atomic mass is 10.2. The van der Waals surface area contributed by atoms with Gasteiger partial charge >= 0.3 is 0 Å². The molecule has 0 aromatic heterocycles. The molecule has 0 unspecified atom stereocenters. The molecule has 0 spiro atoms. The van der Waals surface area contributed by atoms with Gasteiger partial charge in [0.15, 0.2) is 18.3 Å². The topological polar surface area (TPSA) is 46.2 Å². The van der Waals surface area contributed by atoms with E-state index in [1.54, 1.807) is 19.3 Å². The zero-order valence-corrected chi connectivity index (χ0v) is 17.1. The molecule has 3 rings (SSSR count). The third kappa shape index (κ3) is 6.03. The van der Waals surface area contributed by atoms with E-state index in [0.717, 1.165) is 11.1 Å². The van der Waals surface area contributed by atoms with Crippen LogP contribution in [0.25, 0.3) is 0 Å². The highest BCUT2D eigenvalue weighted by Gasteiger charge is 2.20. The highest BCUT2D eigenvalue weighted by atomic mass is 16.7. The lowest BCUT2D eigenvalue weighted by molar-refractivity contribution is 0.0455. The Bertz CT molecular complexity index is 910. The van der Waals surface area contributed by atoms with Crippen LogP contribution in [0.15, 0.2) is 85.5 Å². The van der Waals surface area contributed by atoms with E-state index in [-0.39, 0.29) is 6.79 Å². The smallest absolute Gasteiger partial charge is 0.210 e. The van der Waals surface area contributed by atoms with Crippen LogP contribution < -0.4 is 18.9 Å². The minimum absolute atomic E-state index is 0.0499. The summed E-state index contributed by atoms with van der Waals surface area (Å²) in [5.74, 6) is 1.99. The van der Waals surface area contributed by atoms with Gasteiger partial charge in [-0.25, -0.2) is 0 Å². The van der Waals surface area contributed by atoms with Gasteiger partial charge < -0.3 is 23.7 Å². The van der Waals surface area contributed by atoms with Crippen LogP contribution in [0, 0.1) is 0 Å². The molecule has 156 valence electrons. The average Bonchev–Trinajstić information content (AvgIpc) is 2.80. The van der Waals surface area contributed by atoms with Crippen molar-refractivity contribution in [2.75, 3.05) is 20.5 Å². The Morgan fingerprint density at radius 1 is 0.667 bits per heavy atom. The molecule has 5 nitrogen and oxygen atoms in total. The molecule has 5 heteroatoms. The van der Waals surface area contributed by atoms with Crippen LogP contribution in [-0.4, -0.2) is 20.5 Å². The second-order valence-corrected chi connectivity index (χ2v) is 6.42. The summed E-state index contributed by atoms with van der Waals surface area (Å²) >= 11 is 0. The molecule has 0 aliphatic heterocycles. The molecular weight excluding hydrogens is 380 g/mol. The highest BCUT2D eigenvalue weighted by molar-refractivity contribution is 5.59. The molecule has 3 aromatic rings. The highest BCUT2D eigenvalue weighted by Crippen LogP contribution is 2.45. The van der Waals surface area contributed by atoms with Crippen molar-refractivity contribution in [1.29, 1.82) is 0 Å². The Hall–Kier alpha value is -3.44. The molecule has 0 aliphatic carbocycles. The number of hydrogen-bond acceptors (Lipinski definition) is 5. The van der Waals surface area contributed by atoms with Crippen LogP contribution in [0.1, 0.15) is 11.1 Å². The summed E-state index contributed by atoms with van der Waals surface area (Å²) in [5, 5.41) is 0. The Morgan fingerprint density at radius 2 is 1.20 bits per heavy atom. The molecule has 0 bridgehead atoms. The van der Waals surface area contributed by atoms with Gasteiger partial charge in [-0.15, -0.1) is 0 Å². The van der Waals surface area contributed by atoms with Gasteiger partial charge in [-0.05, 0) is 23.3 Å². The van der Waals surface area contributed by atoms with Crippen LogP contribution in [-0.2, 0) is 18.0 Å². The van der Waals surface area contributed by atoms with Crippen molar-refractivity contribution < 1.29 is 23.7 Å². The van der Waals surface area contributed by atoms with Gasteiger partial charge in [-0.1, -0.05) is 73.3 Å². The summed E-state index contributed by atoms with van der Waals surface area (Å²) in [4.78, 5) is 0. The molecule has 0 fully saturated rings. The normalized spacial score (nSPS) is 10.3. The number of hydrogen-bond donors (Lipinski definition) is 0. The molecule has 0 radical (unpaired) electrons. The lowest BCUT2D eigenvalue weighted by Gasteiger charge is -2.19. The van der Waals surface area contributed by atoms with Gasteiger partial charge in [0.1, 0.15) is 19.8 Å². The van der Waals surface area contributed by atoms with Crippen molar-refractivity contribution in [3.8, 4) is 23.0 Å². The molecule has 0 saturated carbocycles. The van der Waals surface area contributed by atoms with Gasteiger partial charge in [0.25, 0.3) is 0 Å². The molecule has 0 amide bonds. The predicted molar refractivity (Wildman–Crippen MR) is 116 cm³/mol. The summed E-state index contributed by atoms with van der Waals surface area (Å²) in [7, 11) is 1.56. The maximum atomic E-state index is 6.15. The zero-order chi connectivity index (χ0) is 21.0. The van der Waals surface area contributed by atoms with E-state index < -0.39 is 0 Å². The fraction of sp³-hybridized carbons (Fsp3) is 0.200. The number of rotatable bonds is 12. The molecule has 3 aromatic carbocycles. The van der Waals surface area contributed by atoms with E-state index in [1.807, 2.05) is 66.7 Å². The lowest BCUT2D eigenvalue weighted by Crippen LogP contribution is -2.07. The van der Waals surface area contributed by atoms with E-state index in [4.69, 9.17) is 23.7 Å². The van der Waals surface area contributed by atoms with Gasteiger partial charge in [-0.2, -0.15) is 0 Å². The third-order valence-electron chi connectivity index (χ3n) is 4.18. The van der Waals surface area contributed by atoms with Crippen molar-refractivity contribution >= 4 is 0 Å². The quantitative estimate of drug-likeness (QED) is 0.298. The first-order chi connectivity index (χ1) is 14.8. The van der Waals surface area contributed by atoms with Crippen LogP contribution in [0.2, 0.25) is 0 Å². The van der Waals surface area contributed by atoms with Gasteiger partial charge in [0.2, 0.25) is 11.5 Å². The second-order valence-electron chi connectivity index (χ2n) is 6.42. The molecule has 0 atom stereocenters. The molecular formula is C25H26O5. The summed E-state index contributed by atoms with van der Waals surface area (Å²) in [6, 6.07) is 23.5. The van der Waals surface area contributed by atoms with Crippen molar-refractivity contribution in [2.24, 2.45) is 0 Å².